The van der Waals surface area contributed by atoms with Crippen LogP contribution in [0.25, 0.3) is 0 Å². The lowest BCUT2D eigenvalue weighted by Crippen LogP contribution is -2.30. The third-order valence-electron chi connectivity index (χ3n) is 20.6. The van der Waals surface area contributed by atoms with Gasteiger partial charge in [0.1, 0.15) is 19.3 Å². The molecule has 0 saturated carbocycles. The predicted molar refractivity (Wildman–Crippen MR) is 432 cm³/mol. The molecule has 0 rings (SSSR count). The predicted octanol–water partition coefficient (Wildman–Crippen LogP) is 26.2. The van der Waals surface area contributed by atoms with Crippen LogP contribution in [0.1, 0.15) is 459 Å². The van der Waals surface area contributed by atoms with Crippen LogP contribution in [0.3, 0.4) is 0 Å². The number of carbonyl (C=O) groups is 4. The molecule has 0 bridgehead atoms. The number of carbonyl (C=O) groups excluding carboxylic acids is 4. The van der Waals surface area contributed by atoms with Gasteiger partial charge < -0.3 is 33.8 Å². The van der Waals surface area contributed by atoms with Gasteiger partial charge in [-0.1, -0.05) is 408 Å². The molecule has 0 heterocycles. The van der Waals surface area contributed by atoms with Crippen LogP contribution in [-0.4, -0.2) is 96.7 Å². The van der Waals surface area contributed by atoms with E-state index < -0.39 is 97.5 Å². The van der Waals surface area contributed by atoms with Crippen molar-refractivity contribution < 1.29 is 80.2 Å². The Morgan fingerprint density at radius 3 is 0.724 bits per heavy atom. The summed E-state index contributed by atoms with van der Waals surface area (Å²) in [5.41, 5.74) is 0. The number of rotatable bonds is 85. The number of phosphoric acid groups is 2. The topological polar surface area (TPSA) is 237 Å². The van der Waals surface area contributed by atoms with E-state index in [1.54, 1.807) is 0 Å². The van der Waals surface area contributed by atoms with Crippen molar-refractivity contribution in [1.29, 1.82) is 0 Å². The van der Waals surface area contributed by atoms with Crippen molar-refractivity contribution >= 4 is 39.5 Å². The molecule has 0 aromatic carbocycles. The van der Waals surface area contributed by atoms with Gasteiger partial charge in [-0.3, -0.25) is 37.3 Å². The fraction of sp³-hybridized carbons (Fsp3) is 0.953. The lowest BCUT2D eigenvalue weighted by Gasteiger charge is -2.21. The molecule has 0 aliphatic carbocycles. The molecule has 3 unspecified atom stereocenters. The maximum Gasteiger partial charge on any atom is 0.472 e. The summed E-state index contributed by atoms with van der Waals surface area (Å²) in [5.74, 6) is -0.503. The van der Waals surface area contributed by atoms with Gasteiger partial charge in [-0.15, -0.1) is 0 Å². The minimum Gasteiger partial charge on any atom is -0.462 e. The number of unbranched alkanes of at least 4 members (excludes halogenated alkanes) is 54. The van der Waals surface area contributed by atoms with Crippen LogP contribution in [-0.2, 0) is 65.4 Å². The molecule has 0 spiro atoms. The van der Waals surface area contributed by atoms with Crippen LogP contribution < -0.4 is 0 Å². The largest absolute Gasteiger partial charge is 0.472 e. The summed E-state index contributed by atoms with van der Waals surface area (Å²) in [6.45, 7) is 9.71. The number of aliphatic hydroxyl groups excluding tert-OH is 1. The van der Waals surface area contributed by atoms with E-state index in [2.05, 4.69) is 41.5 Å². The molecule has 0 aromatic heterocycles. The molecule has 0 aliphatic rings. The maximum atomic E-state index is 13.2. The SMILES string of the molecule is CCCCCCCCCCCCCCCCCCCCC(=O)OC[C@H](COP(=O)(O)OC[C@@H](O)COP(=O)(O)OC[C@@H](COC(=O)CCCCCCCCCCC(C)CC)OC(=O)CCCCCCCCCCCCCCCC)OC(=O)CCCCCCCCCCCCCCCCCCCCC(C)C. The van der Waals surface area contributed by atoms with Crippen LogP contribution in [0, 0.1) is 11.8 Å². The smallest absolute Gasteiger partial charge is 0.462 e. The summed E-state index contributed by atoms with van der Waals surface area (Å²) >= 11 is 0. The average molecular weight is 1540 g/mol. The number of hydrogen-bond donors (Lipinski definition) is 3. The van der Waals surface area contributed by atoms with Crippen LogP contribution >= 0.6 is 15.6 Å². The summed E-state index contributed by atoms with van der Waals surface area (Å²) in [5, 5.41) is 10.7. The Kier molecular flexibility index (Phi) is 76.0. The highest BCUT2D eigenvalue weighted by Gasteiger charge is 2.30. The highest BCUT2D eigenvalue weighted by molar-refractivity contribution is 7.47. The zero-order valence-corrected chi connectivity index (χ0v) is 70.8. The van der Waals surface area contributed by atoms with E-state index in [4.69, 9.17) is 37.0 Å². The van der Waals surface area contributed by atoms with E-state index in [0.29, 0.717) is 25.7 Å². The summed E-state index contributed by atoms with van der Waals surface area (Å²) in [4.78, 5) is 73.2. The number of aliphatic hydroxyl groups is 1. The van der Waals surface area contributed by atoms with Crippen molar-refractivity contribution in [2.45, 2.75) is 477 Å². The van der Waals surface area contributed by atoms with Gasteiger partial charge in [-0.05, 0) is 37.5 Å². The summed E-state index contributed by atoms with van der Waals surface area (Å²) < 4.78 is 68.9. The zero-order chi connectivity index (χ0) is 77.1. The van der Waals surface area contributed by atoms with E-state index in [9.17, 15) is 43.2 Å². The minimum absolute atomic E-state index is 0.108. The van der Waals surface area contributed by atoms with Gasteiger partial charge in [0, 0.05) is 25.7 Å². The molecule has 624 valence electrons. The normalized spacial score (nSPS) is 14.1. The Hall–Kier alpha value is -1.94. The maximum absolute atomic E-state index is 13.2. The Bertz CT molecular complexity index is 2010. The van der Waals surface area contributed by atoms with E-state index in [1.165, 1.54) is 276 Å². The van der Waals surface area contributed by atoms with Crippen molar-refractivity contribution in [3.05, 3.63) is 0 Å². The molecule has 6 atom stereocenters. The van der Waals surface area contributed by atoms with Gasteiger partial charge in [0.15, 0.2) is 12.2 Å². The van der Waals surface area contributed by atoms with Crippen molar-refractivity contribution in [2.24, 2.45) is 11.8 Å². The van der Waals surface area contributed by atoms with Gasteiger partial charge in [0.25, 0.3) is 0 Å². The molecule has 19 heteroatoms. The summed E-state index contributed by atoms with van der Waals surface area (Å²) in [6.07, 6.45) is 69.3. The number of ether oxygens (including phenoxy) is 4. The Balaban J connectivity index is 5.25. The molecule has 0 saturated heterocycles. The lowest BCUT2D eigenvalue weighted by molar-refractivity contribution is -0.161. The summed E-state index contributed by atoms with van der Waals surface area (Å²) in [6, 6.07) is 0. The van der Waals surface area contributed by atoms with Crippen LogP contribution in [0.4, 0.5) is 0 Å². The first-order valence-corrected chi connectivity index (χ1v) is 47.5. The van der Waals surface area contributed by atoms with Crippen molar-refractivity contribution in [3.63, 3.8) is 0 Å². The Morgan fingerprint density at radius 1 is 0.276 bits per heavy atom. The van der Waals surface area contributed by atoms with Crippen molar-refractivity contribution in [1.82, 2.24) is 0 Å². The standard InChI is InChI=1S/C86H168O17P2/c1-7-10-12-14-16-18-20-22-24-25-29-32-36-39-43-50-56-62-68-83(88)96-74-81(102-86(91)71-65-59-53-45-41-37-33-30-27-26-28-31-34-38-42-48-54-60-66-78(4)5)76-100-104(92,93)98-72-80(87)73-99-105(94,95)101-77-82(75-97-84(89)69-63-57-51-47-46-49-55-61-67-79(6)9-3)103-85(90)70-64-58-52-44-40-35-23-21-19-17-15-13-11-8-2/h78-82,87H,7-77H2,1-6H3,(H,92,93)(H,94,95)/t79?,80-,81-,82-/m1/s1. The van der Waals surface area contributed by atoms with Crippen LogP contribution in [0.15, 0.2) is 0 Å². The quantitative estimate of drug-likeness (QED) is 0.0222. The van der Waals surface area contributed by atoms with Crippen LogP contribution in [0.5, 0.6) is 0 Å². The second-order valence-corrected chi connectivity index (χ2v) is 34.6. The number of phosphoric ester groups is 2. The van der Waals surface area contributed by atoms with Gasteiger partial charge >= 0.3 is 39.5 Å². The second-order valence-electron chi connectivity index (χ2n) is 31.6. The van der Waals surface area contributed by atoms with Gasteiger partial charge in [0.2, 0.25) is 0 Å². The fourth-order valence-corrected chi connectivity index (χ4v) is 15.0. The van der Waals surface area contributed by atoms with Crippen molar-refractivity contribution in [3.8, 4) is 0 Å². The molecule has 17 nitrogen and oxygen atoms in total. The third kappa shape index (κ3) is 78.5. The highest BCUT2D eigenvalue weighted by atomic mass is 31.2. The first-order valence-electron chi connectivity index (χ1n) is 44.5. The average Bonchev–Trinajstić information content (AvgIpc) is 0.908. The molecule has 0 amide bonds. The molecule has 0 aromatic rings. The molecule has 105 heavy (non-hydrogen) atoms. The van der Waals surface area contributed by atoms with Crippen molar-refractivity contribution in [2.75, 3.05) is 39.6 Å². The van der Waals surface area contributed by atoms with E-state index in [1.807, 2.05) is 0 Å². The number of hydrogen-bond acceptors (Lipinski definition) is 15. The first kappa shape index (κ1) is 103. The van der Waals surface area contributed by atoms with E-state index in [0.717, 1.165) is 102 Å². The molecular formula is C86H168O17P2. The highest BCUT2D eigenvalue weighted by Crippen LogP contribution is 2.45. The monoisotopic (exact) mass is 1540 g/mol. The molecule has 3 N–H and O–H groups in total. The first-order chi connectivity index (χ1) is 50.9. The molecule has 0 aliphatic heterocycles. The van der Waals surface area contributed by atoms with Gasteiger partial charge in [0.05, 0.1) is 26.4 Å². The van der Waals surface area contributed by atoms with Gasteiger partial charge in [-0.2, -0.15) is 0 Å². The second kappa shape index (κ2) is 77.4. The molecule has 0 radical (unpaired) electrons. The lowest BCUT2D eigenvalue weighted by atomic mass is 9.99. The summed E-state index contributed by atoms with van der Waals surface area (Å²) in [7, 11) is -9.93. The number of esters is 4. The minimum atomic E-state index is -4.97. The van der Waals surface area contributed by atoms with Gasteiger partial charge in [-0.25, -0.2) is 9.13 Å². The molecule has 0 fully saturated rings. The Labute approximate surface area is 645 Å². The Morgan fingerprint density at radius 2 is 0.486 bits per heavy atom. The molecular weight excluding hydrogens is 1370 g/mol. The zero-order valence-electron chi connectivity index (χ0n) is 69.0. The van der Waals surface area contributed by atoms with Crippen LogP contribution in [0.2, 0.25) is 0 Å². The fourth-order valence-electron chi connectivity index (χ4n) is 13.4. The third-order valence-corrected chi connectivity index (χ3v) is 22.5. The van der Waals surface area contributed by atoms with E-state index >= 15 is 0 Å². The van der Waals surface area contributed by atoms with E-state index in [-0.39, 0.29) is 25.7 Å².